The number of halogens is 1. The fraction of sp³-hybridized carbons (Fsp3) is 0.455. The van der Waals surface area contributed by atoms with Gasteiger partial charge in [-0.3, -0.25) is 4.99 Å². The van der Waals surface area contributed by atoms with Crippen molar-refractivity contribution < 1.29 is 4.39 Å². The number of nitrogens with two attached hydrogens (primary N) is 1. The third-order valence-corrected chi connectivity index (χ3v) is 2.74. The van der Waals surface area contributed by atoms with Gasteiger partial charge in [0.15, 0.2) is 5.84 Å². The maximum Gasteiger partial charge on any atom is 0.161 e. The van der Waals surface area contributed by atoms with Gasteiger partial charge < -0.3 is 5.43 Å². The molecule has 2 rings (SSSR count). The van der Waals surface area contributed by atoms with E-state index in [0.717, 1.165) is 19.0 Å². The molecule has 1 fully saturated rings. The first-order valence-corrected chi connectivity index (χ1v) is 5.46. The van der Waals surface area contributed by atoms with Crippen LogP contribution < -0.4 is 11.3 Å². The lowest BCUT2D eigenvalue weighted by Crippen LogP contribution is -2.33. The zero-order chi connectivity index (χ0) is 11.4. The molecular weight excluding hydrogens is 207 g/mol. The van der Waals surface area contributed by atoms with Crippen LogP contribution in [0.2, 0.25) is 0 Å². The van der Waals surface area contributed by atoms with Gasteiger partial charge in [0.05, 0.1) is 12.2 Å². The van der Waals surface area contributed by atoms with E-state index in [-0.39, 0.29) is 5.82 Å². The molecule has 0 bridgehead atoms. The Hall–Kier alpha value is -1.49. The summed E-state index contributed by atoms with van der Waals surface area (Å²) in [6.07, 6.45) is 5.77. The van der Waals surface area contributed by atoms with E-state index < -0.39 is 0 Å². The van der Waals surface area contributed by atoms with Crippen molar-refractivity contribution in [1.29, 1.82) is 0 Å². The summed E-state index contributed by atoms with van der Waals surface area (Å²) in [5.41, 5.74) is 3.11. The van der Waals surface area contributed by atoms with Crippen LogP contribution in [0.25, 0.3) is 0 Å². The minimum absolute atomic E-state index is 0.318. The number of rotatable bonds is 2. The van der Waals surface area contributed by atoms with E-state index in [9.17, 15) is 4.39 Å². The van der Waals surface area contributed by atoms with Crippen LogP contribution in [0.5, 0.6) is 0 Å². The summed E-state index contributed by atoms with van der Waals surface area (Å²) in [7, 11) is 0. The molecule has 0 saturated heterocycles. The summed E-state index contributed by atoms with van der Waals surface area (Å²) in [6.45, 7) is 0. The van der Waals surface area contributed by atoms with Gasteiger partial charge >= 0.3 is 0 Å². The van der Waals surface area contributed by atoms with Gasteiger partial charge in [-0.1, -0.05) is 12.8 Å². The van der Waals surface area contributed by atoms with E-state index in [1.807, 2.05) is 0 Å². The van der Waals surface area contributed by atoms with Crippen molar-refractivity contribution in [2.24, 2.45) is 10.8 Å². The van der Waals surface area contributed by atoms with Gasteiger partial charge in [0, 0.05) is 0 Å². The zero-order valence-electron chi connectivity index (χ0n) is 8.99. The number of nitrogens with one attached hydrogen (secondary N) is 1. The highest BCUT2D eigenvalue weighted by Gasteiger charge is 2.15. The predicted octanol–water partition coefficient (Wildman–Crippen LogP) is 1.37. The Labute approximate surface area is 93.8 Å². The fourth-order valence-electron chi connectivity index (χ4n) is 1.91. The minimum atomic E-state index is -0.360. The average molecular weight is 222 g/mol. The molecular formula is C11H15FN4. The van der Waals surface area contributed by atoms with Gasteiger partial charge in [0.2, 0.25) is 0 Å². The minimum Gasteiger partial charge on any atom is -0.307 e. The van der Waals surface area contributed by atoms with E-state index in [1.54, 1.807) is 6.07 Å². The highest BCUT2D eigenvalue weighted by Crippen LogP contribution is 2.21. The van der Waals surface area contributed by atoms with Crippen molar-refractivity contribution in [3.05, 3.63) is 29.8 Å². The third kappa shape index (κ3) is 2.55. The van der Waals surface area contributed by atoms with Crippen LogP contribution in [0.3, 0.4) is 0 Å². The number of aromatic nitrogens is 1. The lowest BCUT2D eigenvalue weighted by atomic mass is 10.2. The maximum absolute atomic E-state index is 12.7. The quantitative estimate of drug-likeness (QED) is 0.344. The van der Waals surface area contributed by atoms with Crippen LogP contribution in [-0.4, -0.2) is 16.9 Å². The second-order valence-corrected chi connectivity index (χ2v) is 3.92. The summed E-state index contributed by atoms with van der Waals surface area (Å²) in [5.74, 6) is 5.58. The first kappa shape index (κ1) is 11.0. The Kier molecular flexibility index (Phi) is 3.46. The molecule has 1 aromatic rings. The Morgan fingerprint density at radius 2 is 2.19 bits per heavy atom. The van der Waals surface area contributed by atoms with Crippen LogP contribution in [-0.2, 0) is 0 Å². The molecule has 4 nitrogen and oxygen atoms in total. The predicted molar refractivity (Wildman–Crippen MR) is 60.3 cm³/mol. The summed E-state index contributed by atoms with van der Waals surface area (Å²) < 4.78 is 12.7. The first-order valence-electron chi connectivity index (χ1n) is 5.46. The number of hydrogen-bond donors (Lipinski definition) is 2. The number of hydrogen-bond acceptors (Lipinski definition) is 3. The SMILES string of the molecule is NNC(=NC1CCCC1)c1ccc(F)cn1. The lowest BCUT2D eigenvalue weighted by molar-refractivity contribution is 0.621. The molecule has 1 aliphatic carbocycles. The van der Waals surface area contributed by atoms with Gasteiger partial charge in [0.1, 0.15) is 11.5 Å². The van der Waals surface area contributed by atoms with Crippen LogP contribution in [0.1, 0.15) is 31.4 Å². The molecule has 0 aromatic carbocycles. The average Bonchev–Trinajstić information content (AvgIpc) is 2.80. The summed E-state index contributed by atoms with van der Waals surface area (Å²) in [4.78, 5) is 8.43. The number of amidine groups is 1. The Morgan fingerprint density at radius 1 is 1.44 bits per heavy atom. The first-order chi connectivity index (χ1) is 7.79. The molecule has 3 N–H and O–H groups in total. The van der Waals surface area contributed by atoms with Gasteiger partial charge in [-0.25, -0.2) is 15.2 Å². The van der Waals surface area contributed by atoms with Crippen molar-refractivity contribution in [3.63, 3.8) is 0 Å². The van der Waals surface area contributed by atoms with E-state index in [4.69, 9.17) is 5.84 Å². The monoisotopic (exact) mass is 222 g/mol. The van der Waals surface area contributed by atoms with Crippen LogP contribution in [0, 0.1) is 5.82 Å². The largest absolute Gasteiger partial charge is 0.307 e. The molecule has 1 heterocycles. The molecule has 86 valence electrons. The topological polar surface area (TPSA) is 63.3 Å². The number of aliphatic imine (C=N–C) groups is 1. The van der Waals surface area contributed by atoms with Gasteiger partial charge in [-0.05, 0) is 25.0 Å². The summed E-state index contributed by atoms with van der Waals surface area (Å²) in [6, 6.07) is 3.24. The van der Waals surface area contributed by atoms with Gasteiger partial charge in [0.25, 0.3) is 0 Å². The van der Waals surface area contributed by atoms with Crippen molar-refractivity contribution >= 4 is 5.84 Å². The van der Waals surface area contributed by atoms with Crippen molar-refractivity contribution in [2.45, 2.75) is 31.7 Å². The smallest absolute Gasteiger partial charge is 0.161 e. The number of nitrogens with zero attached hydrogens (tertiary/aromatic N) is 2. The second-order valence-electron chi connectivity index (χ2n) is 3.92. The number of pyridine rings is 1. The Morgan fingerprint density at radius 3 is 2.75 bits per heavy atom. The van der Waals surface area contributed by atoms with Crippen molar-refractivity contribution in [1.82, 2.24) is 10.4 Å². The molecule has 0 spiro atoms. The molecule has 0 unspecified atom stereocenters. The van der Waals surface area contributed by atoms with E-state index in [1.165, 1.54) is 18.9 Å². The van der Waals surface area contributed by atoms with E-state index in [2.05, 4.69) is 15.4 Å². The normalized spacial score (nSPS) is 17.8. The van der Waals surface area contributed by atoms with Crippen LogP contribution >= 0.6 is 0 Å². The molecule has 1 aromatic heterocycles. The summed E-state index contributed by atoms with van der Waals surface area (Å²) in [5, 5.41) is 0. The maximum atomic E-state index is 12.7. The van der Waals surface area contributed by atoms with E-state index in [0.29, 0.717) is 17.6 Å². The lowest BCUT2D eigenvalue weighted by Gasteiger charge is -2.08. The molecule has 0 aliphatic heterocycles. The van der Waals surface area contributed by atoms with Crippen molar-refractivity contribution in [3.8, 4) is 0 Å². The number of hydrazine groups is 1. The second kappa shape index (κ2) is 5.03. The molecule has 0 atom stereocenters. The molecule has 0 radical (unpaired) electrons. The standard InChI is InChI=1S/C11H15FN4/c12-8-5-6-10(14-7-8)11(16-13)15-9-3-1-2-4-9/h5-7,9H,1-4,13H2,(H,15,16). The fourth-order valence-corrected chi connectivity index (χ4v) is 1.91. The molecule has 1 aliphatic rings. The Balaban J connectivity index is 2.17. The van der Waals surface area contributed by atoms with Crippen molar-refractivity contribution in [2.75, 3.05) is 0 Å². The summed E-state index contributed by atoms with van der Waals surface area (Å²) >= 11 is 0. The zero-order valence-corrected chi connectivity index (χ0v) is 8.99. The molecule has 16 heavy (non-hydrogen) atoms. The molecule has 0 amide bonds. The Bertz CT molecular complexity index is 368. The highest BCUT2D eigenvalue weighted by atomic mass is 19.1. The van der Waals surface area contributed by atoms with Gasteiger partial charge in [-0.2, -0.15) is 0 Å². The molecule has 5 heteroatoms. The van der Waals surface area contributed by atoms with Crippen LogP contribution in [0.15, 0.2) is 23.3 Å². The van der Waals surface area contributed by atoms with Gasteiger partial charge in [-0.15, -0.1) is 0 Å². The van der Waals surface area contributed by atoms with E-state index >= 15 is 0 Å². The third-order valence-electron chi connectivity index (χ3n) is 2.74. The highest BCUT2D eigenvalue weighted by molar-refractivity contribution is 5.96. The van der Waals surface area contributed by atoms with Crippen LogP contribution in [0.4, 0.5) is 4.39 Å². The molecule has 1 saturated carbocycles.